The highest BCUT2D eigenvalue weighted by molar-refractivity contribution is 7.90. The average Bonchev–Trinajstić information content (AvgIpc) is 3.01. The molecule has 4 nitrogen and oxygen atoms in total. The van der Waals surface area contributed by atoms with Crippen molar-refractivity contribution in [2.24, 2.45) is 4.99 Å². The Balaban J connectivity index is 2.04. The Morgan fingerprint density at radius 1 is 0.846 bits per heavy atom. The van der Waals surface area contributed by atoms with Crippen LogP contribution in [0.5, 0.6) is 0 Å². The highest BCUT2D eigenvalue weighted by Gasteiger charge is 2.21. The number of thiazole rings is 1. The Hall–Kier alpha value is -2.70. The van der Waals surface area contributed by atoms with Gasteiger partial charge in [-0.05, 0) is 43.3 Å². The standard InChI is InChI=1S/C20H16N2O2S2/c1-15-11-13-17(14-12-15)26(23,24)22-18-9-5-6-10-19(18)25-20(22)21-16-7-3-2-4-8-16/h2-14H,1H3. The quantitative estimate of drug-likeness (QED) is 0.526. The molecular formula is C20H16N2O2S2. The molecule has 0 spiro atoms. The maximum absolute atomic E-state index is 13.3. The largest absolute Gasteiger partial charge is 0.270 e. The van der Waals surface area contributed by atoms with Gasteiger partial charge >= 0.3 is 0 Å². The zero-order valence-corrected chi connectivity index (χ0v) is 15.7. The van der Waals surface area contributed by atoms with Gasteiger partial charge in [0.25, 0.3) is 10.0 Å². The summed E-state index contributed by atoms with van der Waals surface area (Å²) in [6.07, 6.45) is 0. The van der Waals surface area contributed by atoms with E-state index in [1.54, 1.807) is 24.3 Å². The van der Waals surface area contributed by atoms with Gasteiger partial charge in [0.05, 0.1) is 20.8 Å². The number of aromatic nitrogens is 1. The Morgan fingerprint density at radius 2 is 1.50 bits per heavy atom. The van der Waals surface area contributed by atoms with Crippen molar-refractivity contribution in [2.45, 2.75) is 11.8 Å². The Kier molecular flexibility index (Phi) is 4.22. The lowest BCUT2D eigenvalue weighted by molar-refractivity contribution is 0.587. The number of hydrogen-bond donors (Lipinski definition) is 0. The lowest BCUT2D eigenvalue weighted by Gasteiger charge is -2.08. The first kappa shape index (κ1) is 16.8. The maximum atomic E-state index is 13.3. The molecular weight excluding hydrogens is 364 g/mol. The van der Waals surface area contributed by atoms with E-state index in [2.05, 4.69) is 4.99 Å². The average molecular weight is 380 g/mol. The van der Waals surface area contributed by atoms with Crippen molar-refractivity contribution >= 4 is 37.3 Å². The Bertz CT molecular complexity index is 1240. The summed E-state index contributed by atoms with van der Waals surface area (Å²) in [5.41, 5.74) is 2.36. The van der Waals surface area contributed by atoms with E-state index in [1.807, 2.05) is 61.5 Å². The molecule has 4 rings (SSSR count). The second kappa shape index (κ2) is 6.55. The van der Waals surface area contributed by atoms with Crippen molar-refractivity contribution in [3.8, 4) is 0 Å². The van der Waals surface area contributed by atoms with Gasteiger partial charge in [-0.2, -0.15) is 0 Å². The summed E-state index contributed by atoms with van der Waals surface area (Å²) < 4.78 is 28.9. The van der Waals surface area contributed by atoms with Crippen LogP contribution in [0.1, 0.15) is 5.56 Å². The molecule has 1 aromatic heterocycles. The summed E-state index contributed by atoms with van der Waals surface area (Å²) in [5, 5.41) is 0. The monoisotopic (exact) mass is 380 g/mol. The molecule has 130 valence electrons. The minimum absolute atomic E-state index is 0.251. The lowest BCUT2D eigenvalue weighted by Crippen LogP contribution is -2.23. The van der Waals surface area contributed by atoms with E-state index in [0.717, 1.165) is 10.3 Å². The Labute approximate surface area is 155 Å². The van der Waals surface area contributed by atoms with Gasteiger partial charge in [0.1, 0.15) is 0 Å². The van der Waals surface area contributed by atoms with E-state index in [1.165, 1.54) is 15.3 Å². The second-order valence-electron chi connectivity index (χ2n) is 5.88. The predicted octanol–water partition coefficient (Wildman–Crippen LogP) is 4.48. The van der Waals surface area contributed by atoms with E-state index < -0.39 is 10.0 Å². The van der Waals surface area contributed by atoms with Gasteiger partial charge in [-0.3, -0.25) is 0 Å². The van der Waals surface area contributed by atoms with Crippen LogP contribution in [-0.4, -0.2) is 12.4 Å². The van der Waals surface area contributed by atoms with Gasteiger partial charge in [-0.25, -0.2) is 17.4 Å². The van der Waals surface area contributed by atoms with Crippen LogP contribution in [-0.2, 0) is 10.0 Å². The van der Waals surface area contributed by atoms with Crippen LogP contribution in [0.2, 0.25) is 0 Å². The van der Waals surface area contributed by atoms with E-state index >= 15 is 0 Å². The number of fused-ring (bicyclic) bond motifs is 1. The molecule has 0 saturated carbocycles. The molecule has 0 atom stereocenters. The lowest BCUT2D eigenvalue weighted by atomic mass is 10.2. The van der Waals surface area contributed by atoms with Gasteiger partial charge in [0, 0.05) is 0 Å². The topological polar surface area (TPSA) is 51.4 Å². The molecule has 0 amide bonds. The fourth-order valence-corrected chi connectivity index (χ4v) is 5.44. The van der Waals surface area contributed by atoms with E-state index in [-0.39, 0.29) is 4.90 Å². The third-order valence-corrected chi connectivity index (χ3v) is 6.85. The van der Waals surface area contributed by atoms with Crippen LogP contribution in [0.15, 0.2) is 88.8 Å². The summed E-state index contributed by atoms with van der Waals surface area (Å²) in [7, 11) is -3.76. The molecule has 0 aliphatic carbocycles. The number of nitrogens with zero attached hydrogens (tertiary/aromatic N) is 2. The first-order valence-electron chi connectivity index (χ1n) is 8.08. The molecule has 0 aliphatic heterocycles. The summed E-state index contributed by atoms with van der Waals surface area (Å²) in [6, 6.07) is 23.7. The number of para-hydroxylation sites is 2. The molecule has 3 aromatic carbocycles. The van der Waals surface area contributed by atoms with Crippen molar-refractivity contribution in [1.82, 2.24) is 3.97 Å². The number of rotatable bonds is 3. The van der Waals surface area contributed by atoms with Crippen LogP contribution in [0, 0.1) is 6.92 Å². The molecule has 0 radical (unpaired) electrons. The minimum Gasteiger partial charge on any atom is -0.220 e. The van der Waals surface area contributed by atoms with Crippen LogP contribution < -0.4 is 4.80 Å². The first-order chi connectivity index (χ1) is 12.6. The normalized spacial score (nSPS) is 12.6. The van der Waals surface area contributed by atoms with Crippen molar-refractivity contribution in [3.05, 3.63) is 89.2 Å². The van der Waals surface area contributed by atoms with E-state index in [4.69, 9.17) is 0 Å². The molecule has 6 heteroatoms. The second-order valence-corrected chi connectivity index (χ2v) is 8.68. The number of benzene rings is 3. The highest BCUT2D eigenvalue weighted by Crippen LogP contribution is 2.23. The molecule has 0 N–H and O–H groups in total. The molecule has 0 unspecified atom stereocenters. The van der Waals surface area contributed by atoms with E-state index in [0.29, 0.717) is 16.0 Å². The fraction of sp³-hybridized carbons (Fsp3) is 0.0500. The number of hydrogen-bond acceptors (Lipinski definition) is 4. The minimum atomic E-state index is -3.76. The fourth-order valence-electron chi connectivity index (χ4n) is 2.68. The summed E-state index contributed by atoms with van der Waals surface area (Å²) >= 11 is 1.36. The molecule has 26 heavy (non-hydrogen) atoms. The van der Waals surface area contributed by atoms with Gasteiger partial charge in [0.15, 0.2) is 0 Å². The van der Waals surface area contributed by atoms with Gasteiger partial charge in [0.2, 0.25) is 4.80 Å². The van der Waals surface area contributed by atoms with Crippen LogP contribution >= 0.6 is 11.3 Å². The predicted molar refractivity (Wildman–Crippen MR) is 105 cm³/mol. The van der Waals surface area contributed by atoms with Crippen molar-refractivity contribution in [2.75, 3.05) is 0 Å². The summed E-state index contributed by atoms with van der Waals surface area (Å²) in [4.78, 5) is 5.27. The van der Waals surface area contributed by atoms with E-state index in [9.17, 15) is 8.42 Å². The van der Waals surface area contributed by atoms with Gasteiger partial charge in [-0.15, -0.1) is 0 Å². The van der Waals surface area contributed by atoms with Gasteiger partial charge < -0.3 is 0 Å². The first-order valence-corrected chi connectivity index (χ1v) is 10.3. The summed E-state index contributed by atoms with van der Waals surface area (Å²) in [5.74, 6) is 0. The SMILES string of the molecule is Cc1ccc(S(=O)(=O)n2c(=Nc3ccccc3)sc3ccccc32)cc1. The van der Waals surface area contributed by atoms with Gasteiger partial charge in [-0.1, -0.05) is 59.4 Å². The molecule has 0 saturated heterocycles. The van der Waals surface area contributed by atoms with Crippen molar-refractivity contribution < 1.29 is 8.42 Å². The molecule has 4 aromatic rings. The van der Waals surface area contributed by atoms with Crippen molar-refractivity contribution in [1.29, 1.82) is 0 Å². The third-order valence-electron chi connectivity index (χ3n) is 4.00. The molecule has 0 bridgehead atoms. The zero-order chi connectivity index (χ0) is 18.1. The maximum Gasteiger partial charge on any atom is 0.270 e. The number of aryl methyl sites for hydroxylation is 1. The van der Waals surface area contributed by atoms with Crippen molar-refractivity contribution in [3.63, 3.8) is 0 Å². The molecule has 0 fully saturated rings. The summed E-state index contributed by atoms with van der Waals surface area (Å²) in [6.45, 7) is 1.93. The zero-order valence-electron chi connectivity index (χ0n) is 14.0. The van der Waals surface area contributed by atoms with Crippen LogP contribution in [0.4, 0.5) is 5.69 Å². The van der Waals surface area contributed by atoms with Crippen LogP contribution in [0.3, 0.4) is 0 Å². The smallest absolute Gasteiger partial charge is 0.220 e. The van der Waals surface area contributed by atoms with Crippen LogP contribution in [0.25, 0.3) is 10.2 Å². The third kappa shape index (κ3) is 2.98. The molecule has 0 aliphatic rings. The Morgan fingerprint density at radius 3 is 2.23 bits per heavy atom. The highest BCUT2D eigenvalue weighted by atomic mass is 32.2. The molecule has 1 heterocycles.